The number of carbonyl (C=O) groups is 2. The Labute approximate surface area is 214 Å². The van der Waals surface area contributed by atoms with Crippen molar-refractivity contribution in [1.29, 1.82) is 5.26 Å². The van der Waals surface area contributed by atoms with E-state index >= 15 is 0 Å². The predicted molar refractivity (Wildman–Crippen MR) is 129 cm³/mol. The van der Waals surface area contributed by atoms with Crippen LogP contribution in [0.25, 0.3) is 11.3 Å². The van der Waals surface area contributed by atoms with E-state index in [-0.39, 0.29) is 38.7 Å². The van der Waals surface area contributed by atoms with Crippen molar-refractivity contribution >= 4 is 55.9 Å². The third-order valence-corrected chi connectivity index (χ3v) is 7.00. The number of alkyl halides is 3. The topological polar surface area (TPSA) is 105 Å². The van der Waals surface area contributed by atoms with Gasteiger partial charge in [0.15, 0.2) is 5.16 Å². The zero-order valence-corrected chi connectivity index (χ0v) is 21.4. The number of nitrogens with one attached hydrogen (secondary N) is 1. The number of hydrogen-bond acceptors (Lipinski definition) is 8. The normalized spacial score (nSPS) is 11.1. The highest BCUT2D eigenvalue weighted by Crippen LogP contribution is 2.34. The minimum absolute atomic E-state index is 0.0578. The molecule has 0 aliphatic heterocycles. The Balaban J connectivity index is 1.81. The molecule has 0 unspecified atom stereocenters. The van der Waals surface area contributed by atoms with Crippen LogP contribution in [0.1, 0.15) is 33.4 Å². The van der Waals surface area contributed by atoms with Crippen molar-refractivity contribution in [2.75, 3.05) is 17.7 Å². The fourth-order valence-corrected chi connectivity index (χ4v) is 4.81. The molecule has 0 radical (unpaired) electrons. The van der Waals surface area contributed by atoms with E-state index in [0.717, 1.165) is 21.9 Å². The molecule has 1 N–H and O–H groups in total. The van der Waals surface area contributed by atoms with E-state index in [1.165, 1.54) is 0 Å². The second-order valence-electron chi connectivity index (χ2n) is 6.86. The molecule has 0 aliphatic carbocycles. The predicted octanol–water partition coefficient (Wildman–Crippen LogP) is 6.07. The van der Waals surface area contributed by atoms with Crippen molar-refractivity contribution in [1.82, 2.24) is 9.97 Å². The standard InChI is InChI=1S/C22H16BrF3N4O3S2/c1-3-33-20(32)18-11(2)14(9-27)19(35-18)30-17(31)10-34-21-28-15(8-16(29-21)22(24,25)26)12-4-6-13(23)7-5-12/h4-8H,3,10H2,1-2H3,(H,30,31). The van der Waals surface area contributed by atoms with Crippen LogP contribution in [0, 0.1) is 18.3 Å². The second kappa shape index (κ2) is 11.2. The number of nitriles is 1. The molecule has 1 aromatic carbocycles. The van der Waals surface area contributed by atoms with Crippen LogP contribution in [0.15, 0.2) is 40.0 Å². The third kappa shape index (κ3) is 6.59. The summed E-state index contributed by atoms with van der Waals surface area (Å²) in [6, 6.07) is 9.35. The van der Waals surface area contributed by atoms with Gasteiger partial charge in [-0.25, -0.2) is 14.8 Å². The van der Waals surface area contributed by atoms with Gasteiger partial charge >= 0.3 is 12.1 Å². The number of benzene rings is 1. The number of ether oxygens (including phenoxy) is 1. The molecule has 3 rings (SSSR count). The molecular formula is C22H16BrF3N4O3S2. The highest BCUT2D eigenvalue weighted by Gasteiger charge is 2.34. The molecule has 0 atom stereocenters. The van der Waals surface area contributed by atoms with Crippen LogP contribution >= 0.6 is 39.0 Å². The van der Waals surface area contributed by atoms with Crippen LogP contribution in [-0.2, 0) is 15.7 Å². The summed E-state index contributed by atoms with van der Waals surface area (Å²) in [5, 5.41) is 11.9. The molecule has 0 saturated carbocycles. The minimum Gasteiger partial charge on any atom is -0.462 e. The molecule has 3 aromatic rings. The molecule has 0 fully saturated rings. The molecular weight excluding hydrogens is 569 g/mol. The van der Waals surface area contributed by atoms with Crippen molar-refractivity contribution in [3.05, 3.63) is 56.5 Å². The lowest BCUT2D eigenvalue weighted by Crippen LogP contribution is -2.15. The summed E-state index contributed by atoms with van der Waals surface area (Å²) >= 11 is 4.88. The summed E-state index contributed by atoms with van der Waals surface area (Å²) in [6.45, 7) is 3.35. The molecule has 0 saturated heterocycles. The Morgan fingerprint density at radius 3 is 2.54 bits per heavy atom. The number of halogens is 4. The first kappa shape index (κ1) is 26.7. The number of hydrogen-bond donors (Lipinski definition) is 1. The zero-order chi connectivity index (χ0) is 25.8. The van der Waals surface area contributed by atoms with Gasteiger partial charge in [0.25, 0.3) is 0 Å². The lowest BCUT2D eigenvalue weighted by molar-refractivity contribution is -0.141. The Bertz CT molecular complexity index is 1310. The average Bonchev–Trinajstić information content (AvgIpc) is 3.12. The lowest BCUT2D eigenvalue weighted by Gasteiger charge is -2.10. The van der Waals surface area contributed by atoms with E-state index in [1.54, 1.807) is 38.1 Å². The summed E-state index contributed by atoms with van der Waals surface area (Å²) in [5.41, 5.74) is -0.134. The average molecular weight is 585 g/mol. The van der Waals surface area contributed by atoms with Gasteiger partial charge in [-0.05, 0) is 37.6 Å². The van der Waals surface area contributed by atoms with E-state index in [0.29, 0.717) is 22.9 Å². The molecule has 35 heavy (non-hydrogen) atoms. The van der Waals surface area contributed by atoms with Crippen LogP contribution in [0.2, 0.25) is 0 Å². The Hall–Kier alpha value is -2.95. The first-order valence-corrected chi connectivity index (χ1v) is 12.5. The van der Waals surface area contributed by atoms with Crippen LogP contribution in [-0.4, -0.2) is 34.2 Å². The number of aromatic nitrogens is 2. The number of rotatable bonds is 7. The summed E-state index contributed by atoms with van der Waals surface area (Å²) in [6.07, 6.45) is -4.70. The minimum atomic E-state index is -4.70. The quantitative estimate of drug-likeness (QED) is 0.204. The highest BCUT2D eigenvalue weighted by atomic mass is 79.9. The molecule has 1 amide bonds. The maximum Gasteiger partial charge on any atom is 0.433 e. The number of thioether (sulfide) groups is 1. The summed E-state index contributed by atoms with van der Waals surface area (Å²) < 4.78 is 45.9. The highest BCUT2D eigenvalue weighted by molar-refractivity contribution is 9.10. The van der Waals surface area contributed by atoms with Crippen LogP contribution in [0.5, 0.6) is 0 Å². The number of thiophene rings is 1. The van der Waals surface area contributed by atoms with Gasteiger partial charge in [0.05, 0.1) is 23.6 Å². The van der Waals surface area contributed by atoms with Gasteiger partial charge in [-0.2, -0.15) is 18.4 Å². The number of carbonyl (C=O) groups excluding carboxylic acids is 2. The first-order chi connectivity index (χ1) is 16.5. The van der Waals surface area contributed by atoms with Crippen molar-refractivity contribution in [3.63, 3.8) is 0 Å². The van der Waals surface area contributed by atoms with Gasteiger partial charge in [-0.15, -0.1) is 11.3 Å². The first-order valence-electron chi connectivity index (χ1n) is 9.89. The molecule has 7 nitrogen and oxygen atoms in total. The fourth-order valence-electron chi connectivity index (χ4n) is 2.82. The van der Waals surface area contributed by atoms with E-state index in [4.69, 9.17) is 4.74 Å². The van der Waals surface area contributed by atoms with E-state index in [1.807, 2.05) is 6.07 Å². The lowest BCUT2D eigenvalue weighted by atomic mass is 10.1. The van der Waals surface area contributed by atoms with Gasteiger partial charge in [0, 0.05) is 10.0 Å². The molecule has 2 heterocycles. The van der Waals surface area contributed by atoms with Crippen LogP contribution in [0.4, 0.5) is 18.2 Å². The van der Waals surface area contributed by atoms with Gasteiger partial charge < -0.3 is 10.1 Å². The van der Waals surface area contributed by atoms with Crippen LogP contribution in [0.3, 0.4) is 0 Å². The van der Waals surface area contributed by atoms with Gasteiger partial charge in [0.2, 0.25) is 5.91 Å². The van der Waals surface area contributed by atoms with Gasteiger partial charge in [-0.1, -0.05) is 39.8 Å². The van der Waals surface area contributed by atoms with Gasteiger partial charge in [-0.3, -0.25) is 4.79 Å². The number of anilines is 1. The summed E-state index contributed by atoms with van der Waals surface area (Å²) in [4.78, 5) is 32.5. The van der Waals surface area contributed by atoms with Gasteiger partial charge in [0.1, 0.15) is 21.6 Å². The van der Waals surface area contributed by atoms with Crippen molar-refractivity contribution in [3.8, 4) is 17.3 Å². The number of amides is 1. The third-order valence-electron chi connectivity index (χ3n) is 4.44. The Kier molecular flexibility index (Phi) is 8.52. The Morgan fingerprint density at radius 1 is 1.26 bits per heavy atom. The smallest absolute Gasteiger partial charge is 0.433 e. The Morgan fingerprint density at radius 2 is 1.94 bits per heavy atom. The monoisotopic (exact) mass is 584 g/mol. The summed E-state index contributed by atoms with van der Waals surface area (Å²) in [5.74, 6) is -1.54. The molecule has 0 bridgehead atoms. The maximum atomic E-state index is 13.4. The molecule has 13 heteroatoms. The van der Waals surface area contributed by atoms with Crippen molar-refractivity contribution in [2.45, 2.75) is 25.2 Å². The fraction of sp³-hybridized carbons (Fsp3) is 0.227. The SMILES string of the molecule is CCOC(=O)c1sc(NC(=O)CSc2nc(-c3ccc(Br)cc3)cc(C(F)(F)F)n2)c(C#N)c1C. The molecule has 182 valence electrons. The maximum absolute atomic E-state index is 13.4. The van der Waals surface area contributed by atoms with E-state index in [9.17, 15) is 28.0 Å². The zero-order valence-electron chi connectivity index (χ0n) is 18.2. The summed E-state index contributed by atoms with van der Waals surface area (Å²) in [7, 11) is 0. The van der Waals surface area contributed by atoms with E-state index < -0.39 is 23.7 Å². The van der Waals surface area contributed by atoms with Crippen molar-refractivity contribution in [2.24, 2.45) is 0 Å². The van der Waals surface area contributed by atoms with Crippen LogP contribution < -0.4 is 5.32 Å². The molecule has 0 spiro atoms. The number of nitrogens with zero attached hydrogens (tertiary/aromatic N) is 3. The van der Waals surface area contributed by atoms with E-state index in [2.05, 4.69) is 31.2 Å². The number of esters is 1. The largest absolute Gasteiger partial charge is 0.462 e. The molecule has 0 aliphatic rings. The second-order valence-corrected chi connectivity index (χ2v) is 9.73. The molecule has 2 aromatic heterocycles. The van der Waals surface area contributed by atoms with Crippen molar-refractivity contribution < 1.29 is 27.5 Å².